The van der Waals surface area contributed by atoms with Crippen molar-refractivity contribution in [2.75, 3.05) is 7.11 Å². The van der Waals surface area contributed by atoms with Gasteiger partial charge in [-0.3, -0.25) is 0 Å². The summed E-state index contributed by atoms with van der Waals surface area (Å²) in [6.45, 7) is 1.92. The second kappa shape index (κ2) is 6.53. The van der Waals surface area contributed by atoms with Crippen LogP contribution in [0.25, 0.3) is 11.0 Å². The van der Waals surface area contributed by atoms with E-state index in [2.05, 4.69) is 0 Å². The van der Waals surface area contributed by atoms with E-state index in [1.807, 2.05) is 0 Å². The molecule has 0 N–H and O–H groups in total. The van der Waals surface area contributed by atoms with Gasteiger partial charge in [0.25, 0.3) is 0 Å². The van der Waals surface area contributed by atoms with E-state index >= 15 is 0 Å². The summed E-state index contributed by atoms with van der Waals surface area (Å²) in [5.74, 6) is 0.0544. The molecular weight excluding hydrogens is 335 g/mol. The summed E-state index contributed by atoms with van der Waals surface area (Å²) in [6, 6.07) is 9.20. The van der Waals surface area contributed by atoms with Crippen LogP contribution in [0.1, 0.15) is 11.1 Å². The molecule has 0 atom stereocenters. The minimum absolute atomic E-state index is 0.113. The highest BCUT2D eigenvalue weighted by Gasteiger charge is 2.10. The average Bonchev–Trinajstić information content (AvgIpc) is 2.54. The topological polar surface area (TPSA) is 48.7 Å². The number of halogens is 2. The first-order valence-electron chi connectivity index (χ1n) is 7.17. The van der Waals surface area contributed by atoms with Crippen LogP contribution in [0.15, 0.2) is 45.6 Å². The molecule has 3 aromatic rings. The Morgan fingerprint density at radius 2 is 1.96 bits per heavy atom. The standard InChI is InChI=1S/C18H14ClFO4/c1-10-5-18(21)24-16-8-17(13(19)7-12(10)16)23-9-11-3-4-15(22-2)14(20)6-11/h3-8H,9H2,1-2H3. The maximum atomic E-state index is 13.7. The van der Waals surface area contributed by atoms with E-state index in [0.717, 1.165) is 10.9 Å². The van der Waals surface area contributed by atoms with Crippen molar-refractivity contribution in [2.45, 2.75) is 13.5 Å². The summed E-state index contributed by atoms with van der Waals surface area (Å²) in [5, 5.41) is 1.12. The van der Waals surface area contributed by atoms with Gasteiger partial charge in [0.05, 0.1) is 12.1 Å². The predicted octanol–water partition coefficient (Wildman–Crippen LogP) is 4.48. The van der Waals surface area contributed by atoms with E-state index in [1.165, 1.54) is 25.3 Å². The fourth-order valence-electron chi connectivity index (χ4n) is 2.39. The van der Waals surface area contributed by atoms with Crippen LogP contribution in [-0.2, 0) is 6.61 Å². The van der Waals surface area contributed by atoms with E-state index in [-0.39, 0.29) is 12.4 Å². The molecule has 0 aliphatic carbocycles. The first-order chi connectivity index (χ1) is 11.5. The lowest BCUT2D eigenvalue weighted by atomic mass is 10.1. The van der Waals surface area contributed by atoms with Crippen molar-refractivity contribution in [3.8, 4) is 11.5 Å². The normalized spacial score (nSPS) is 10.8. The van der Waals surface area contributed by atoms with Crippen molar-refractivity contribution >= 4 is 22.6 Å². The molecule has 0 fully saturated rings. The van der Waals surface area contributed by atoms with Crippen LogP contribution < -0.4 is 15.1 Å². The number of fused-ring (bicyclic) bond motifs is 1. The van der Waals surface area contributed by atoms with Gasteiger partial charge in [-0.15, -0.1) is 0 Å². The summed E-state index contributed by atoms with van der Waals surface area (Å²) >= 11 is 6.22. The largest absolute Gasteiger partial charge is 0.494 e. The lowest BCUT2D eigenvalue weighted by Crippen LogP contribution is -2.00. The van der Waals surface area contributed by atoms with E-state index < -0.39 is 11.4 Å². The third-order valence-electron chi connectivity index (χ3n) is 3.61. The molecular formula is C18H14ClFO4. The highest BCUT2D eigenvalue weighted by atomic mass is 35.5. The van der Waals surface area contributed by atoms with Crippen LogP contribution >= 0.6 is 11.6 Å². The molecule has 3 rings (SSSR count). The molecule has 1 heterocycles. The van der Waals surface area contributed by atoms with Crippen LogP contribution in [0, 0.1) is 12.7 Å². The van der Waals surface area contributed by atoms with Gasteiger partial charge in [-0.1, -0.05) is 17.7 Å². The van der Waals surface area contributed by atoms with Gasteiger partial charge in [-0.05, 0) is 36.2 Å². The van der Waals surface area contributed by atoms with Gasteiger partial charge in [0.15, 0.2) is 11.6 Å². The minimum atomic E-state index is -0.468. The smallest absolute Gasteiger partial charge is 0.336 e. The number of aryl methyl sites for hydroxylation is 1. The summed E-state index contributed by atoms with van der Waals surface area (Å²) in [6.07, 6.45) is 0. The lowest BCUT2D eigenvalue weighted by molar-refractivity contribution is 0.305. The van der Waals surface area contributed by atoms with Crippen molar-refractivity contribution in [2.24, 2.45) is 0 Å². The van der Waals surface area contributed by atoms with Gasteiger partial charge < -0.3 is 13.9 Å². The zero-order valence-electron chi connectivity index (χ0n) is 13.1. The number of methoxy groups -OCH3 is 1. The van der Waals surface area contributed by atoms with Crippen LogP contribution in [-0.4, -0.2) is 7.11 Å². The Hall–Kier alpha value is -2.53. The molecule has 124 valence electrons. The molecule has 0 saturated carbocycles. The Balaban J connectivity index is 1.88. The first kappa shape index (κ1) is 16.3. The molecule has 0 amide bonds. The highest BCUT2D eigenvalue weighted by molar-refractivity contribution is 6.32. The maximum Gasteiger partial charge on any atom is 0.336 e. The van der Waals surface area contributed by atoms with Crippen molar-refractivity contribution in [3.05, 3.63) is 68.8 Å². The predicted molar refractivity (Wildman–Crippen MR) is 89.5 cm³/mol. The molecule has 0 spiro atoms. The Bertz CT molecular complexity index is 965. The number of hydrogen-bond acceptors (Lipinski definition) is 4. The highest BCUT2D eigenvalue weighted by Crippen LogP contribution is 2.31. The molecule has 0 radical (unpaired) electrons. The minimum Gasteiger partial charge on any atom is -0.494 e. The zero-order chi connectivity index (χ0) is 17.3. The summed E-state index contributed by atoms with van der Waals surface area (Å²) in [7, 11) is 1.40. The molecule has 1 aromatic heterocycles. The van der Waals surface area contributed by atoms with Gasteiger partial charge in [0, 0.05) is 17.5 Å². The number of hydrogen-bond donors (Lipinski definition) is 0. The molecule has 0 bridgehead atoms. The molecule has 0 unspecified atom stereocenters. The maximum absolute atomic E-state index is 13.7. The molecule has 24 heavy (non-hydrogen) atoms. The fourth-order valence-corrected chi connectivity index (χ4v) is 2.61. The average molecular weight is 349 g/mol. The van der Waals surface area contributed by atoms with Gasteiger partial charge >= 0.3 is 5.63 Å². The Morgan fingerprint density at radius 3 is 2.67 bits per heavy atom. The Morgan fingerprint density at radius 1 is 1.17 bits per heavy atom. The third-order valence-corrected chi connectivity index (χ3v) is 3.91. The third kappa shape index (κ3) is 3.21. The Kier molecular flexibility index (Phi) is 4.44. The van der Waals surface area contributed by atoms with Gasteiger partial charge in [-0.25, -0.2) is 9.18 Å². The van der Waals surface area contributed by atoms with E-state index in [9.17, 15) is 9.18 Å². The van der Waals surface area contributed by atoms with Crippen LogP contribution in [0.3, 0.4) is 0 Å². The van der Waals surface area contributed by atoms with E-state index in [1.54, 1.807) is 25.1 Å². The van der Waals surface area contributed by atoms with Crippen molar-refractivity contribution < 1.29 is 18.3 Å². The van der Waals surface area contributed by atoms with Gasteiger partial charge in [0.2, 0.25) is 0 Å². The van der Waals surface area contributed by atoms with Crippen molar-refractivity contribution in [1.29, 1.82) is 0 Å². The molecule has 0 saturated heterocycles. The monoisotopic (exact) mass is 348 g/mol. The number of rotatable bonds is 4. The zero-order valence-corrected chi connectivity index (χ0v) is 13.8. The molecule has 0 aliphatic heterocycles. The van der Waals surface area contributed by atoms with Crippen LogP contribution in [0.4, 0.5) is 4.39 Å². The summed E-state index contributed by atoms with van der Waals surface area (Å²) < 4.78 is 29.4. The molecule has 6 heteroatoms. The SMILES string of the molecule is COc1ccc(COc2cc3oc(=O)cc(C)c3cc2Cl)cc1F. The first-order valence-corrected chi connectivity index (χ1v) is 7.55. The molecule has 0 aliphatic rings. The fraction of sp³-hybridized carbons (Fsp3) is 0.167. The second-order valence-electron chi connectivity index (χ2n) is 5.28. The van der Waals surface area contributed by atoms with Crippen molar-refractivity contribution in [3.63, 3.8) is 0 Å². The quantitative estimate of drug-likeness (QED) is 0.652. The van der Waals surface area contributed by atoms with Crippen LogP contribution in [0.5, 0.6) is 11.5 Å². The van der Waals surface area contributed by atoms with E-state index in [4.69, 9.17) is 25.5 Å². The number of benzene rings is 2. The van der Waals surface area contributed by atoms with Gasteiger partial charge in [-0.2, -0.15) is 0 Å². The summed E-state index contributed by atoms with van der Waals surface area (Å²) in [4.78, 5) is 11.5. The van der Waals surface area contributed by atoms with E-state index in [0.29, 0.717) is 21.9 Å². The molecule has 4 nitrogen and oxygen atoms in total. The van der Waals surface area contributed by atoms with Crippen molar-refractivity contribution in [1.82, 2.24) is 0 Å². The van der Waals surface area contributed by atoms with Gasteiger partial charge in [0.1, 0.15) is 17.9 Å². The Labute approximate surface area is 142 Å². The van der Waals surface area contributed by atoms with Crippen LogP contribution in [0.2, 0.25) is 5.02 Å². The molecule has 2 aromatic carbocycles. The number of ether oxygens (including phenoxy) is 2. The second-order valence-corrected chi connectivity index (χ2v) is 5.69. The lowest BCUT2D eigenvalue weighted by Gasteiger charge is -2.10. The summed E-state index contributed by atoms with van der Waals surface area (Å²) in [5.41, 5.74) is 1.34.